The largest absolute Gasteiger partial charge is 0.337 e. The number of nitrogens with zero attached hydrogens (tertiary/aromatic N) is 2. The number of rotatable bonds is 3. The fourth-order valence-corrected chi connectivity index (χ4v) is 5.69. The first-order valence-corrected chi connectivity index (χ1v) is 9.22. The molecule has 2 unspecified atom stereocenters. The molecular formula is C19H32N2O. The maximum Gasteiger partial charge on any atom is 0.246 e. The van der Waals surface area contributed by atoms with Crippen LogP contribution >= 0.6 is 0 Å². The van der Waals surface area contributed by atoms with E-state index in [9.17, 15) is 4.79 Å². The number of hydrogen-bond acceptors (Lipinski definition) is 2. The summed E-state index contributed by atoms with van der Waals surface area (Å²) in [4.78, 5) is 16.5. The highest BCUT2D eigenvalue weighted by molar-refractivity contribution is 5.87. The maximum atomic E-state index is 11.8. The van der Waals surface area contributed by atoms with Crippen LogP contribution in [0.2, 0.25) is 0 Å². The molecule has 3 aliphatic rings. The van der Waals surface area contributed by atoms with Crippen molar-refractivity contribution in [2.24, 2.45) is 17.8 Å². The van der Waals surface area contributed by atoms with Crippen molar-refractivity contribution in [3.63, 3.8) is 0 Å². The summed E-state index contributed by atoms with van der Waals surface area (Å²) < 4.78 is 0. The molecule has 2 aliphatic carbocycles. The highest BCUT2D eigenvalue weighted by atomic mass is 16.2. The molecule has 1 aliphatic heterocycles. The standard InChI is InChI=1S/C19H32N2O/c1-4-18(22)20-6-8-21(9-7-20)19(5-2)13-16-10-15(3)11-17(12-16)14-19/h4,15-17H,1,5-14H2,2-3H3. The van der Waals surface area contributed by atoms with E-state index in [-0.39, 0.29) is 5.91 Å². The summed E-state index contributed by atoms with van der Waals surface area (Å²) >= 11 is 0. The fraction of sp³-hybridized carbons (Fsp3) is 0.842. The second-order valence-corrected chi connectivity index (χ2v) is 8.05. The van der Waals surface area contributed by atoms with Gasteiger partial charge in [0, 0.05) is 31.7 Å². The normalized spacial score (nSPS) is 39.5. The van der Waals surface area contributed by atoms with Gasteiger partial charge in [0.05, 0.1) is 0 Å². The van der Waals surface area contributed by atoms with E-state index in [0.29, 0.717) is 5.54 Å². The van der Waals surface area contributed by atoms with E-state index >= 15 is 0 Å². The first kappa shape index (κ1) is 16.0. The van der Waals surface area contributed by atoms with Gasteiger partial charge in [0.2, 0.25) is 5.91 Å². The number of carbonyl (C=O) groups excluding carboxylic acids is 1. The Bertz CT molecular complexity index is 407. The lowest BCUT2D eigenvalue weighted by Gasteiger charge is -2.55. The van der Waals surface area contributed by atoms with Gasteiger partial charge in [-0.15, -0.1) is 0 Å². The zero-order valence-corrected chi connectivity index (χ0v) is 14.4. The first-order valence-electron chi connectivity index (χ1n) is 9.22. The van der Waals surface area contributed by atoms with Gasteiger partial charge in [-0.05, 0) is 62.4 Å². The number of carbonyl (C=O) groups is 1. The average molecular weight is 304 g/mol. The minimum Gasteiger partial charge on any atom is -0.337 e. The van der Waals surface area contributed by atoms with E-state index in [1.165, 1.54) is 44.6 Å². The zero-order chi connectivity index (χ0) is 15.7. The summed E-state index contributed by atoms with van der Waals surface area (Å²) in [5.74, 6) is 2.91. The zero-order valence-electron chi connectivity index (χ0n) is 14.4. The van der Waals surface area contributed by atoms with Gasteiger partial charge in [0.15, 0.2) is 0 Å². The van der Waals surface area contributed by atoms with Crippen molar-refractivity contribution in [1.29, 1.82) is 0 Å². The topological polar surface area (TPSA) is 23.6 Å². The Morgan fingerprint density at radius 3 is 2.23 bits per heavy atom. The molecule has 0 spiro atoms. The van der Waals surface area contributed by atoms with Gasteiger partial charge >= 0.3 is 0 Å². The molecule has 3 rings (SSSR count). The van der Waals surface area contributed by atoms with E-state index in [1.807, 2.05) is 4.90 Å². The van der Waals surface area contributed by atoms with Gasteiger partial charge in [-0.3, -0.25) is 9.69 Å². The number of hydrogen-bond donors (Lipinski definition) is 0. The van der Waals surface area contributed by atoms with Crippen LogP contribution in [-0.4, -0.2) is 47.4 Å². The van der Waals surface area contributed by atoms with Crippen molar-refractivity contribution < 1.29 is 4.79 Å². The Labute approximate surface area is 135 Å². The summed E-state index contributed by atoms with van der Waals surface area (Å²) in [6, 6.07) is 0. The molecule has 0 radical (unpaired) electrons. The van der Waals surface area contributed by atoms with Crippen LogP contribution in [0.1, 0.15) is 52.4 Å². The Morgan fingerprint density at radius 2 is 1.73 bits per heavy atom. The van der Waals surface area contributed by atoms with Crippen LogP contribution in [-0.2, 0) is 4.79 Å². The third kappa shape index (κ3) is 2.97. The van der Waals surface area contributed by atoms with Crippen LogP contribution in [0.25, 0.3) is 0 Å². The quantitative estimate of drug-likeness (QED) is 0.747. The van der Waals surface area contributed by atoms with E-state index in [4.69, 9.17) is 0 Å². The Balaban J connectivity index is 1.67. The van der Waals surface area contributed by atoms with Gasteiger partial charge in [0.25, 0.3) is 0 Å². The predicted octanol–water partition coefficient (Wildman–Crippen LogP) is 3.31. The molecular weight excluding hydrogens is 272 g/mol. The molecule has 0 aromatic carbocycles. The number of amides is 1. The summed E-state index contributed by atoms with van der Waals surface area (Å²) in [5.41, 5.74) is 0.414. The van der Waals surface area contributed by atoms with Gasteiger partial charge in [-0.1, -0.05) is 20.4 Å². The number of piperazine rings is 1. The van der Waals surface area contributed by atoms with Crippen molar-refractivity contribution in [3.8, 4) is 0 Å². The molecule has 1 saturated heterocycles. The van der Waals surface area contributed by atoms with Crippen LogP contribution in [0.15, 0.2) is 12.7 Å². The fourth-order valence-electron chi connectivity index (χ4n) is 5.69. The van der Waals surface area contributed by atoms with E-state index in [1.54, 1.807) is 0 Å². The molecule has 124 valence electrons. The highest BCUT2D eigenvalue weighted by Crippen LogP contribution is 2.49. The molecule has 3 fully saturated rings. The van der Waals surface area contributed by atoms with Crippen molar-refractivity contribution in [2.45, 2.75) is 57.9 Å². The van der Waals surface area contributed by atoms with E-state index < -0.39 is 0 Å². The number of fused-ring (bicyclic) bond motifs is 2. The molecule has 0 N–H and O–H groups in total. The molecule has 0 aromatic rings. The minimum absolute atomic E-state index is 0.0968. The summed E-state index contributed by atoms with van der Waals surface area (Å²) in [7, 11) is 0. The monoisotopic (exact) mass is 304 g/mol. The van der Waals surface area contributed by atoms with Gasteiger partial charge in [-0.25, -0.2) is 0 Å². The van der Waals surface area contributed by atoms with E-state index in [0.717, 1.165) is 43.9 Å². The Morgan fingerprint density at radius 1 is 1.14 bits per heavy atom. The van der Waals surface area contributed by atoms with Crippen molar-refractivity contribution in [3.05, 3.63) is 12.7 Å². The van der Waals surface area contributed by atoms with Crippen LogP contribution in [0.5, 0.6) is 0 Å². The smallest absolute Gasteiger partial charge is 0.246 e. The minimum atomic E-state index is 0.0968. The second kappa shape index (κ2) is 6.35. The van der Waals surface area contributed by atoms with Gasteiger partial charge in [0.1, 0.15) is 0 Å². The molecule has 3 nitrogen and oxygen atoms in total. The summed E-state index contributed by atoms with van der Waals surface area (Å²) in [5, 5.41) is 0. The van der Waals surface area contributed by atoms with Crippen molar-refractivity contribution in [2.75, 3.05) is 26.2 Å². The van der Waals surface area contributed by atoms with Crippen molar-refractivity contribution in [1.82, 2.24) is 9.80 Å². The maximum absolute atomic E-state index is 11.8. The van der Waals surface area contributed by atoms with Gasteiger partial charge in [-0.2, -0.15) is 0 Å². The van der Waals surface area contributed by atoms with Crippen LogP contribution in [0.3, 0.4) is 0 Å². The molecule has 1 amide bonds. The molecule has 3 heteroatoms. The third-order valence-corrected chi connectivity index (χ3v) is 6.57. The highest BCUT2D eigenvalue weighted by Gasteiger charge is 2.46. The lowest BCUT2D eigenvalue weighted by Crippen LogP contribution is -2.60. The average Bonchev–Trinajstić information content (AvgIpc) is 2.53. The molecule has 2 bridgehead atoms. The van der Waals surface area contributed by atoms with Crippen molar-refractivity contribution >= 4 is 5.91 Å². The van der Waals surface area contributed by atoms with Crippen LogP contribution in [0.4, 0.5) is 0 Å². The predicted molar refractivity (Wildman–Crippen MR) is 90.6 cm³/mol. The van der Waals surface area contributed by atoms with Gasteiger partial charge < -0.3 is 4.90 Å². The SMILES string of the molecule is C=CC(=O)N1CCN(C2(CC)CC3CC(C)CC(C3)C2)CC1. The Hall–Kier alpha value is -0.830. The summed E-state index contributed by atoms with van der Waals surface area (Å²) in [6.45, 7) is 12.3. The molecule has 2 saturated carbocycles. The lowest BCUT2D eigenvalue weighted by atomic mass is 9.61. The first-order chi connectivity index (χ1) is 10.6. The second-order valence-electron chi connectivity index (χ2n) is 8.05. The lowest BCUT2D eigenvalue weighted by molar-refractivity contribution is -0.130. The van der Waals surface area contributed by atoms with E-state index in [2.05, 4.69) is 25.3 Å². The third-order valence-electron chi connectivity index (χ3n) is 6.57. The molecule has 22 heavy (non-hydrogen) atoms. The van der Waals surface area contributed by atoms with Crippen LogP contribution < -0.4 is 0 Å². The molecule has 0 aromatic heterocycles. The summed E-state index contributed by atoms with van der Waals surface area (Å²) in [6.07, 6.45) is 9.85. The Kier molecular flexibility index (Phi) is 4.63. The molecule has 2 atom stereocenters. The van der Waals surface area contributed by atoms with Crippen LogP contribution in [0, 0.1) is 17.8 Å². The molecule has 1 heterocycles.